The molecule has 1 N–H and O–H groups in total. The van der Waals surface area contributed by atoms with Gasteiger partial charge < -0.3 is 5.32 Å². The summed E-state index contributed by atoms with van der Waals surface area (Å²) in [7, 11) is 1.91. The molecule has 0 radical (unpaired) electrons. The van der Waals surface area contributed by atoms with E-state index in [1.807, 2.05) is 33.0 Å². The fraction of sp³-hybridized carbons (Fsp3) is 0.250. The zero-order valence-corrected chi connectivity index (χ0v) is 18.0. The molecule has 0 bridgehead atoms. The van der Waals surface area contributed by atoms with Gasteiger partial charge in [0.2, 0.25) is 0 Å². The van der Waals surface area contributed by atoms with Crippen LogP contribution in [0.5, 0.6) is 0 Å². The topological polar surface area (TPSA) is 24.4 Å². The van der Waals surface area contributed by atoms with Gasteiger partial charge in [0.1, 0.15) is 0 Å². The van der Waals surface area contributed by atoms with E-state index in [1.165, 1.54) is 0 Å². The quantitative estimate of drug-likeness (QED) is 0.352. The summed E-state index contributed by atoms with van der Waals surface area (Å²) in [6.07, 6.45) is 8.24. The predicted molar refractivity (Wildman–Crippen MR) is 118 cm³/mol. The van der Waals surface area contributed by atoms with Crippen LogP contribution in [0, 0.1) is 0 Å². The first-order valence-corrected chi connectivity index (χ1v) is 9.24. The van der Waals surface area contributed by atoms with Gasteiger partial charge in [-0.1, -0.05) is 68.3 Å². The lowest BCUT2D eigenvalue weighted by molar-refractivity contribution is 1.40. The molecule has 0 spiro atoms. The largest absolute Gasteiger partial charge is 0.386 e. The molecule has 128 valence electrons. The Morgan fingerprint density at radius 2 is 1.38 bits per heavy atom. The molecule has 0 aliphatic rings. The molecule has 0 fully saturated rings. The Bertz CT molecular complexity index is 730. The molecular weight excluding hydrogens is 428 g/mol. The summed E-state index contributed by atoms with van der Waals surface area (Å²) < 4.78 is 2.17. The van der Waals surface area contributed by atoms with Crippen LogP contribution in [0.25, 0.3) is 11.1 Å². The minimum absolute atomic E-state index is 0.872. The first-order chi connectivity index (χ1) is 11.3. The SMILES string of the molecule is C=Nc1c(/C(C)=C/C=C(C)Br)ccc(/C(C)=C/C=C(C)Br)c1NC. The molecule has 0 aliphatic carbocycles. The molecule has 0 unspecified atom stereocenters. The lowest BCUT2D eigenvalue weighted by atomic mass is 9.96. The van der Waals surface area contributed by atoms with Crippen molar-refractivity contribution in [1.82, 2.24) is 0 Å². The first-order valence-electron chi connectivity index (χ1n) is 7.65. The number of nitrogens with zero attached hydrogens (tertiary/aromatic N) is 1. The normalized spacial score (nSPS) is 14.0. The Labute approximate surface area is 162 Å². The molecule has 1 rings (SSSR count). The fourth-order valence-corrected chi connectivity index (χ4v) is 2.58. The van der Waals surface area contributed by atoms with E-state index in [0.29, 0.717) is 0 Å². The van der Waals surface area contributed by atoms with Crippen molar-refractivity contribution < 1.29 is 0 Å². The zero-order valence-electron chi connectivity index (χ0n) is 14.9. The van der Waals surface area contributed by atoms with Gasteiger partial charge in [-0.2, -0.15) is 0 Å². The average Bonchev–Trinajstić information content (AvgIpc) is 2.55. The third-order valence-electron chi connectivity index (χ3n) is 3.56. The first kappa shape index (κ1) is 20.7. The van der Waals surface area contributed by atoms with Gasteiger partial charge >= 0.3 is 0 Å². The smallest absolute Gasteiger partial charge is 0.0934 e. The average molecular weight is 452 g/mol. The van der Waals surface area contributed by atoms with Crippen LogP contribution < -0.4 is 5.32 Å². The molecule has 0 amide bonds. The summed E-state index contributed by atoms with van der Waals surface area (Å²) >= 11 is 6.90. The zero-order chi connectivity index (χ0) is 18.3. The summed E-state index contributed by atoms with van der Waals surface area (Å²) in [6, 6.07) is 4.23. The Hall–Kier alpha value is -1.39. The highest BCUT2D eigenvalue weighted by atomic mass is 79.9. The van der Waals surface area contributed by atoms with Crippen LogP contribution in [-0.4, -0.2) is 13.8 Å². The van der Waals surface area contributed by atoms with Crippen LogP contribution in [0.3, 0.4) is 0 Å². The van der Waals surface area contributed by atoms with Gasteiger partial charge in [-0.15, -0.1) is 0 Å². The molecule has 1 aromatic rings. The van der Waals surface area contributed by atoms with Crippen LogP contribution in [0.4, 0.5) is 11.4 Å². The summed E-state index contributed by atoms with van der Waals surface area (Å²) in [4.78, 5) is 4.29. The van der Waals surface area contributed by atoms with E-state index in [1.54, 1.807) is 0 Å². The second-order valence-electron chi connectivity index (χ2n) is 5.50. The maximum absolute atomic E-state index is 4.29. The van der Waals surface area contributed by atoms with Crippen molar-refractivity contribution in [2.45, 2.75) is 27.7 Å². The van der Waals surface area contributed by atoms with E-state index in [9.17, 15) is 0 Å². The molecule has 4 heteroatoms. The monoisotopic (exact) mass is 450 g/mol. The minimum atomic E-state index is 0.872. The lowest BCUT2D eigenvalue weighted by Gasteiger charge is -2.16. The Kier molecular flexibility index (Phi) is 8.43. The summed E-state index contributed by atoms with van der Waals surface area (Å²) in [5.74, 6) is 0. The van der Waals surface area contributed by atoms with Gasteiger partial charge in [-0.25, -0.2) is 0 Å². The Morgan fingerprint density at radius 3 is 1.79 bits per heavy atom. The summed E-state index contributed by atoms with van der Waals surface area (Å²) in [5.41, 5.74) is 6.35. The van der Waals surface area contributed by atoms with E-state index in [0.717, 1.165) is 42.6 Å². The molecule has 24 heavy (non-hydrogen) atoms. The summed E-state index contributed by atoms with van der Waals surface area (Å²) in [6.45, 7) is 12.0. The molecule has 1 aromatic carbocycles. The van der Waals surface area contributed by atoms with Gasteiger partial charge in [0.15, 0.2) is 0 Å². The van der Waals surface area contributed by atoms with Gasteiger partial charge in [0.25, 0.3) is 0 Å². The number of hydrogen-bond donors (Lipinski definition) is 1. The number of benzene rings is 1. The molecule has 0 aromatic heterocycles. The number of allylic oxidation sites excluding steroid dienone is 8. The molecule has 2 nitrogen and oxygen atoms in total. The van der Waals surface area contributed by atoms with Gasteiger partial charge in [0, 0.05) is 18.2 Å². The van der Waals surface area contributed by atoms with Crippen molar-refractivity contribution in [3.63, 3.8) is 0 Å². The third kappa shape index (κ3) is 5.60. The second kappa shape index (κ2) is 9.80. The van der Waals surface area contributed by atoms with E-state index in [-0.39, 0.29) is 0 Å². The van der Waals surface area contributed by atoms with Gasteiger partial charge in [0.05, 0.1) is 11.4 Å². The number of aliphatic imine (C=N–C) groups is 1. The van der Waals surface area contributed by atoms with Crippen molar-refractivity contribution >= 4 is 61.1 Å². The van der Waals surface area contributed by atoms with Crippen molar-refractivity contribution in [2.75, 3.05) is 12.4 Å². The third-order valence-corrected chi connectivity index (χ3v) is 4.09. The van der Waals surface area contributed by atoms with Crippen LogP contribution >= 0.6 is 31.9 Å². The highest BCUT2D eigenvalue weighted by Crippen LogP contribution is 2.39. The number of rotatable bonds is 6. The highest BCUT2D eigenvalue weighted by molar-refractivity contribution is 9.12. The van der Waals surface area contributed by atoms with Crippen LogP contribution in [0.1, 0.15) is 38.8 Å². The number of hydrogen-bond acceptors (Lipinski definition) is 2. The maximum atomic E-state index is 4.29. The van der Waals surface area contributed by atoms with Crippen LogP contribution in [-0.2, 0) is 0 Å². The van der Waals surface area contributed by atoms with E-state index < -0.39 is 0 Å². The predicted octanol–water partition coefficient (Wildman–Crippen LogP) is 7.46. The maximum Gasteiger partial charge on any atom is 0.0934 e. The molecule has 0 saturated heterocycles. The molecule has 0 atom stereocenters. The van der Waals surface area contributed by atoms with Crippen molar-refractivity contribution in [1.29, 1.82) is 0 Å². The highest BCUT2D eigenvalue weighted by Gasteiger charge is 2.13. The van der Waals surface area contributed by atoms with Crippen molar-refractivity contribution in [3.8, 4) is 0 Å². The number of anilines is 1. The van der Waals surface area contributed by atoms with Gasteiger partial charge in [-0.05, 0) is 54.5 Å². The lowest BCUT2D eigenvalue weighted by Crippen LogP contribution is -1.97. The van der Waals surface area contributed by atoms with Gasteiger partial charge in [-0.3, -0.25) is 4.99 Å². The summed E-state index contributed by atoms with van der Waals surface area (Å²) in [5, 5.41) is 3.28. The van der Waals surface area contributed by atoms with Crippen molar-refractivity contribution in [2.24, 2.45) is 4.99 Å². The van der Waals surface area contributed by atoms with E-state index in [4.69, 9.17) is 0 Å². The number of nitrogens with one attached hydrogen (secondary N) is 1. The van der Waals surface area contributed by atoms with Crippen LogP contribution in [0.15, 0.2) is 50.4 Å². The van der Waals surface area contributed by atoms with Crippen LogP contribution in [0.2, 0.25) is 0 Å². The van der Waals surface area contributed by atoms with Crippen molar-refractivity contribution in [3.05, 3.63) is 56.5 Å². The molecular formula is C20H24Br2N2. The molecule has 0 saturated carbocycles. The Morgan fingerprint density at radius 1 is 0.917 bits per heavy atom. The fourth-order valence-electron chi connectivity index (χ4n) is 2.31. The van der Waals surface area contributed by atoms with E-state index in [2.05, 4.69) is 87.0 Å². The second-order valence-corrected chi connectivity index (χ2v) is 8.00. The molecule has 0 aliphatic heterocycles. The minimum Gasteiger partial charge on any atom is -0.386 e. The standard InChI is InChI=1S/C20H24Br2N2/c1-13(7-9-15(3)21)17-11-12-18(14(2)8-10-16(4)22)20(24-6)19(17)23-5/h7-12,24H,5H2,1-4,6H3/b13-7+,14-8+,15-9?,16-10?. The number of halogens is 2. The van der Waals surface area contributed by atoms with E-state index >= 15 is 0 Å². The molecule has 0 heterocycles. The Balaban J connectivity index is 3.53.